The van der Waals surface area contributed by atoms with Crippen LogP contribution in [0.4, 0.5) is 0 Å². The zero-order valence-corrected chi connectivity index (χ0v) is 35.0. The molecule has 1 aromatic carbocycles. The van der Waals surface area contributed by atoms with Crippen LogP contribution < -0.4 is 0 Å². The molecular weight excluding hydrogens is 760 g/mol. The largest absolute Gasteiger partial charge is 0.467 e. The summed E-state index contributed by atoms with van der Waals surface area (Å²) in [5, 5.41) is 12.5. The van der Waals surface area contributed by atoms with E-state index < -0.39 is 78.0 Å². The average molecular weight is 821 g/mol. The molecule has 2 heterocycles. The van der Waals surface area contributed by atoms with Crippen molar-refractivity contribution in [1.29, 1.82) is 0 Å². The summed E-state index contributed by atoms with van der Waals surface area (Å²) in [7, 11) is 4.27. The highest BCUT2D eigenvalue weighted by atomic mass is 16.8. The molecule has 16 heteroatoms. The fraction of sp³-hybridized carbons (Fsp3) is 0.643. The van der Waals surface area contributed by atoms with Crippen molar-refractivity contribution in [2.45, 2.75) is 108 Å². The van der Waals surface area contributed by atoms with Crippen LogP contribution in [0, 0.1) is 17.8 Å². The quantitative estimate of drug-likeness (QED) is 0.0418. The van der Waals surface area contributed by atoms with E-state index in [9.17, 15) is 29.1 Å². The Kier molecular flexibility index (Phi) is 18.0. The summed E-state index contributed by atoms with van der Waals surface area (Å²) in [4.78, 5) is 67.8. The van der Waals surface area contributed by atoms with E-state index in [1.54, 1.807) is 6.08 Å². The highest BCUT2D eigenvalue weighted by Gasteiger charge is 2.86. The molecule has 0 aliphatic carbocycles. The summed E-state index contributed by atoms with van der Waals surface area (Å²) in [5.74, 6) is -8.23. The third-order valence-electron chi connectivity index (χ3n) is 10.6. The number of carbonyl (C=O) groups is 5. The van der Waals surface area contributed by atoms with Crippen LogP contribution in [0.2, 0.25) is 0 Å². The van der Waals surface area contributed by atoms with Gasteiger partial charge >= 0.3 is 29.8 Å². The number of allylic oxidation sites excluding steroid dienone is 1. The van der Waals surface area contributed by atoms with Gasteiger partial charge in [0.15, 0.2) is 12.2 Å². The van der Waals surface area contributed by atoms with Gasteiger partial charge in [-0.05, 0) is 42.2 Å². The van der Waals surface area contributed by atoms with Gasteiger partial charge in [-0.2, -0.15) is 0 Å². The highest BCUT2D eigenvalue weighted by molar-refractivity contribution is 5.99. The van der Waals surface area contributed by atoms with Crippen LogP contribution in [0.15, 0.2) is 54.6 Å². The molecule has 0 saturated carbocycles. The van der Waals surface area contributed by atoms with E-state index in [2.05, 4.69) is 20.4 Å². The van der Waals surface area contributed by atoms with Crippen LogP contribution in [0.1, 0.15) is 65.9 Å². The molecule has 16 nitrogen and oxygen atoms in total. The third kappa shape index (κ3) is 10.7. The Morgan fingerprint density at radius 1 is 0.948 bits per heavy atom. The second-order valence-corrected chi connectivity index (χ2v) is 14.8. The molecule has 10 atom stereocenters. The summed E-state index contributed by atoms with van der Waals surface area (Å²) < 4.78 is 56.3. The van der Waals surface area contributed by atoms with Gasteiger partial charge in [0.2, 0.25) is 17.5 Å². The normalized spacial score (nSPS) is 27.2. The highest BCUT2D eigenvalue weighted by Crippen LogP contribution is 2.57. The van der Waals surface area contributed by atoms with Gasteiger partial charge in [0.25, 0.3) is 5.60 Å². The Morgan fingerprint density at radius 3 is 2.21 bits per heavy atom. The van der Waals surface area contributed by atoms with Crippen molar-refractivity contribution >= 4 is 29.8 Å². The minimum Gasteiger partial charge on any atom is -0.467 e. The second-order valence-electron chi connectivity index (χ2n) is 14.8. The molecule has 0 radical (unpaired) electrons. The van der Waals surface area contributed by atoms with Crippen LogP contribution in [0.25, 0.3) is 0 Å². The summed E-state index contributed by atoms with van der Waals surface area (Å²) >= 11 is 0. The van der Waals surface area contributed by atoms with E-state index in [-0.39, 0.29) is 37.9 Å². The monoisotopic (exact) mass is 820 g/mol. The minimum atomic E-state index is -3.40. The lowest BCUT2D eigenvalue weighted by atomic mass is 9.74. The number of methoxy groups -OCH3 is 4. The molecule has 1 aromatic rings. The van der Waals surface area contributed by atoms with Crippen molar-refractivity contribution in [2.24, 2.45) is 17.8 Å². The first-order valence-electron chi connectivity index (χ1n) is 19.3. The Bertz CT molecular complexity index is 1600. The standard InChI is InChI=1S/C42H60O16/c1-11-26(2)23-27(3)17-18-32(44)56-35-34(54-25-53-22-21-49-7)40(20-19-28(4)33(55-30(6)43)29(5)24-31-15-13-12-14-16-31)57-36(37(45)50-8)41(48,38(46)51-9)42(35,58-40)39(47)52-10/h12-18,26-27,29,33-36,48H,4,11,19-25H2,1-3,5-10H3/b18-17+/t26-,27+,29+,33+,34+,35+,36+,40-,41+,42-/m0/s1. The zero-order valence-electron chi connectivity index (χ0n) is 35.0. The minimum absolute atomic E-state index is 0.0401. The molecule has 2 fully saturated rings. The summed E-state index contributed by atoms with van der Waals surface area (Å²) in [6, 6.07) is 9.54. The van der Waals surface area contributed by atoms with Gasteiger partial charge in [0.05, 0.1) is 34.5 Å². The Hall–Kier alpha value is -4.19. The number of aliphatic hydroxyl groups is 1. The van der Waals surface area contributed by atoms with Crippen molar-refractivity contribution < 1.29 is 76.4 Å². The Balaban J connectivity index is 2.23. The number of fused-ring (bicyclic) bond motifs is 2. The number of ether oxygens (including phenoxy) is 10. The molecule has 324 valence electrons. The topological polar surface area (TPSA) is 198 Å². The maximum Gasteiger partial charge on any atom is 0.346 e. The SMILES string of the molecule is C=C(CC[C@]12O[C@H](C(=O)OC)[C@@](O)(C(=O)OC)[C@](C(=O)OC)(O1)[C@H](OC(=O)/C=C/[C@@H](C)C[C@@H](C)CC)[C@H]2OCOCCOC)[C@@H](OC(C)=O)[C@H](C)Cc1ccccc1. The van der Waals surface area contributed by atoms with Crippen LogP contribution in [-0.4, -0.2) is 125 Å². The first-order valence-corrected chi connectivity index (χ1v) is 19.3. The van der Waals surface area contributed by atoms with Gasteiger partial charge in [0.1, 0.15) is 12.9 Å². The van der Waals surface area contributed by atoms with Gasteiger partial charge < -0.3 is 52.5 Å². The van der Waals surface area contributed by atoms with Crippen LogP contribution in [0.3, 0.4) is 0 Å². The van der Waals surface area contributed by atoms with Crippen LogP contribution in [-0.2, 0) is 77.8 Å². The molecule has 2 bridgehead atoms. The Labute approximate surface area is 340 Å². The molecular formula is C42H60O16. The molecule has 0 spiro atoms. The lowest BCUT2D eigenvalue weighted by Crippen LogP contribution is -2.78. The van der Waals surface area contributed by atoms with Crippen molar-refractivity contribution in [2.75, 3.05) is 48.4 Å². The molecule has 1 N–H and O–H groups in total. The fourth-order valence-corrected chi connectivity index (χ4v) is 7.47. The van der Waals surface area contributed by atoms with Gasteiger partial charge in [-0.15, -0.1) is 0 Å². The average Bonchev–Trinajstić information content (AvgIpc) is 3.44. The van der Waals surface area contributed by atoms with Crippen LogP contribution >= 0.6 is 0 Å². The van der Waals surface area contributed by atoms with Crippen molar-refractivity contribution in [1.82, 2.24) is 0 Å². The van der Waals surface area contributed by atoms with Crippen molar-refractivity contribution in [3.63, 3.8) is 0 Å². The third-order valence-corrected chi connectivity index (χ3v) is 10.6. The second kappa shape index (κ2) is 21.7. The lowest BCUT2D eigenvalue weighted by molar-refractivity contribution is -0.378. The summed E-state index contributed by atoms with van der Waals surface area (Å²) in [6.07, 6.45) is -2.46. The van der Waals surface area contributed by atoms with E-state index in [1.165, 1.54) is 14.0 Å². The maximum absolute atomic E-state index is 14.3. The van der Waals surface area contributed by atoms with Gasteiger partial charge in [-0.25, -0.2) is 19.2 Å². The number of rotatable bonds is 23. The Morgan fingerprint density at radius 2 is 1.62 bits per heavy atom. The smallest absolute Gasteiger partial charge is 0.346 e. The zero-order chi connectivity index (χ0) is 43.3. The molecule has 0 aromatic heterocycles. The molecule has 2 aliphatic heterocycles. The lowest BCUT2D eigenvalue weighted by Gasteiger charge is -2.49. The predicted molar refractivity (Wildman–Crippen MR) is 205 cm³/mol. The van der Waals surface area contributed by atoms with E-state index in [1.807, 2.05) is 44.2 Å². The molecule has 0 amide bonds. The maximum atomic E-state index is 14.3. The first kappa shape index (κ1) is 48.2. The van der Waals surface area contributed by atoms with Gasteiger partial charge in [-0.3, -0.25) is 4.79 Å². The summed E-state index contributed by atoms with van der Waals surface area (Å²) in [6.45, 7) is 13.1. The summed E-state index contributed by atoms with van der Waals surface area (Å²) in [5.41, 5.74) is -5.12. The molecule has 2 aliphatic rings. The first-order chi connectivity index (χ1) is 27.5. The van der Waals surface area contributed by atoms with E-state index in [0.717, 1.165) is 45.8 Å². The number of benzene rings is 1. The van der Waals surface area contributed by atoms with Gasteiger partial charge in [-0.1, -0.05) is 77.1 Å². The number of hydrogen-bond donors (Lipinski definition) is 1. The fourth-order valence-electron chi connectivity index (χ4n) is 7.47. The molecule has 2 saturated heterocycles. The number of esters is 5. The van der Waals surface area contributed by atoms with E-state index >= 15 is 0 Å². The van der Waals surface area contributed by atoms with Gasteiger partial charge in [0, 0.05) is 32.4 Å². The predicted octanol–water partition coefficient (Wildman–Crippen LogP) is 3.79. The van der Waals surface area contributed by atoms with E-state index in [0.29, 0.717) is 17.9 Å². The molecule has 3 rings (SSSR count). The molecule has 58 heavy (non-hydrogen) atoms. The number of hydrogen-bond acceptors (Lipinski definition) is 16. The van der Waals surface area contributed by atoms with Crippen molar-refractivity contribution in [3.8, 4) is 0 Å². The van der Waals surface area contributed by atoms with Crippen molar-refractivity contribution in [3.05, 3.63) is 60.2 Å². The van der Waals surface area contributed by atoms with E-state index in [4.69, 9.17) is 47.4 Å². The molecule has 0 unspecified atom stereocenters. The van der Waals surface area contributed by atoms with Crippen LogP contribution in [0.5, 0.6) is 0 Å². The number of carbonyl (C=O) groups excluding carboxylic acids is 5.